The van der Waals surface area contributed by atoms with Gasteiger partial charge in [-0.05, 0) is 42.4 Å². The lowest BCUT2D eigenvalue weighted by Gasteiger charge is -2.20. The molecule has 0 atom stereocenters. The summed E-state index contributed by atoms with van der Waals surface area (Å²) in [5.41, 5.74) is 3.99. The monoisotopic (exact) mass is 248 g/mol. The highest BCUT2D eigenvalue weighted by atomic mass is 16.5. The standard InChI is InChI=1S/C16H24O2/c1-6-18-15(17)10-8-13-7-9-14(11-12(13)2)16(3,4)5/h7,9,11H,6,8,10H2,1-5H3. The average Bonchev–Trinajstić information content (AvgIpc) is 2.26. The molecule has 0 aromatic heterocycles. The first-order chi connectivity index (χ1) is 8.34. The summed E-state index contributed by atoms with van der Waals surface area (Å²) in [5, 5.41) is 0. The minimum Gasteiger partial charge on any atom is -0.466 e. The van der Waals surface area contributed by atoms with E-state index in [0.717, 1.165) is 6.42 Å². The van der Waals surface area contributed by atoms with Crippen LogP contribution in [0, 0.1) is 6.92 Å². The van der Waals surface area contributed by atoms with Crippen molar-refractivity contribution in [2.24, 2.45) is 0 Å². The van der Waals surface area contributed by atoms with Crippen molar-refractivity contribution < 1.29 is 9.53 Å². The molecule has 18 heavy (non-hydrogen) atoms. The number of esters is 1. The van der Waals surface area contributed by atoms with E-state index in [1.807, 2.05) is 6.92 Å². The minimum atomic E-state index is -0.114. The molecule has 2 heteroatoms. The van der Waals surface area contributed by atoms with Crippen molar-refractivity contribution in [3.8, 4) is 0 Å². The quantitative estimate of drug-likeness (QED) is 0.758. The van der Waals surface area contributed by atoms with Crippen molar-refractivity contribution in [2.45, 2.75) is 52.9 Å². The highest BCUT2D eigenvalue weighted by Crippen LogP contribution is 2.24. The molecule has 0 aliphatic rings. The Morgan fingerprint density at radius 2 is 1.94 bits per heavy atom. The third-order valence-electron chi connectivity index (χ3n) is 3.11. The predicted octanol–water partition coefficient (Wildman–Crippen LogP) is 3.79. The van der Waals surface area contributed by atoms with Crippen LogP contribution in [0.3, 0.4) is 0 Å². The molecule has 0 heterocycles. The van der Waals surface area contributed by atoms with E-state index in [4.69, 9.17) is 4.74 Å². The van der Waals surface area contributed by atoms with E-state index in [1.54, 1.807) is 0 Å². The summed E-state index contributed by atoms with van der Waals surface area (Å²) in [5.74, 6) is -0.114. The summed E-state index contributed by atoms with van der Waals surface area (Å²) in [6.45, 7) is 11.0. The van der Waals surface area contributed by atoms with Crippen molar-refractivity contribution in [3.05, 3.63) is 34.9 Å². The van der Waals surface area contributed by atoms with Crippen LogP contribution in [0.4, 0.5) is 0 Å². The molecule has 0 saturated carbocycles. The van der Waals surface area contributed by atoms with Crippen molar-refractivity contribution in [2.75, 3.05) is 6.61 Å². The lowest BCUT2D eigenvalue weighted by atomic mass is 9.85. The van der Waals surface area contributed by atoms with Crippen LogP contribution in [0.5, 0.6) is 0 Å². The van der Waals surface area contributed by atoms with Gasteiger partial charge in [-0.2, -0.15) is 0 Å². The Balaban J connectivity index is 2.72. The van der Waals surface area contributed by atoms with Crippen LogP contribution >= 0.6 is 0 Å². The van der Waals surface area contributed by atoms with Gasteiger partial charge in [-0.1, -0.05) is 39.0 Å². The van der Waals surface area contributed by atoms with Crippen LogP contribution in [0.1, 0.15) is 50.8 Å². The van der Waals surface area contributed by atoms with E-state index in [-0.39, 0.29) is 11.4 Å². The summed E-state index contributed by atoms with van der Waals surface area (Å²) in [6, 6.07) is 6.52. The van der Waals surface area contributed by atoms with E-state index in [1.165, 1.54) is 16.7 Å². The smallest absolute Gasteiger partial charge is 0.306 e. The van der Waals surface area contributed by atoms with E-state index >= 15 is 0 Å². The second-order valence-electron chi connectivity index (χ2n) is 5.70. The third-order valence-corrected chi connectivity index (χ3v) is 3.11. The molecule has 1 aromatic rings. The van der Waals surface area contributed by atoms with Crippen LogP contribution in [-0.4, -0.2) is 12.6 Å². The molecule has 1 aromatic carbocycles. The summed E-state index contributed by atoms with van der Waals surface area (Å²) in [4.78, 5) is 11.3. The number of hydrogen-bond donors (Lipinski definition) is 0. The molecule has 0 aliphatic carbocycles. The first-order valence-electron chi connectivity index (χ1n) is 6.60. The zero-order chi connectivity index (χ0) is 13.8. The number of rotatable bonds is 4. The fourth-order valence-electron chi connectivity index (χ4n) is 1.91. The minimum absolute atomic E-state index is 0.114. The van der Waals surface area contributed by atoms with Gasteiger partial charge in [0.2, 0.25) is 0 Å². The van der Waals surface area contributed by atoms with Gasteiger partial charge in [0, 0.05) is 6.42 Å². The van der Waals surface area contributed by atoms with Gasteiger partial charge in [-0.15, -0.1) is 0 Å². The second-order valence-corrected chi connectivity index (χ2v) is 5.70. The molecule has 0 unspecified atom stereocenters. The van der Waals surface area contributed by atoms with Gasteiger partial charge in [-0.3, -0.25) is 4.79 Å². The Morgan fingerprint density at radius 1 is 1.28 bits per heavy atom. The first-order valence-corrected chi connectivity index (χ1v) is 6.60. The zero-order valence-electron chi connectivity index (χ0n) is 12.2. The van der Waals surface area contributed by atoms with Crippen LogP contribution in [0.2, 0.25) is 0 Å². The number of carbonyl (C=O) groups is 1. The Hall–Kier alpha value is -1.31. The molecule has 0 aliphatic heterocycles. The summed E-state index contributed by atoms with van der Waals surface area (Å²) in [6.07, 6.45) is 1.22. The van der Waals surface area contributed by atoms with Gasteiger partial charge in [0.15, 0.2) is 0 Å². The largest absolute Gasteiger partial charge is 0.466 e. The molecule has 0 spiro atoms. The second kappa shape index (κ2) is 6.03. The summed E-state index contributed by atoms with van der Waals surface area (Å²) >= 11 is 0. The number of ether oxygens (including phenoxy) is 1. The maximum atomic E-state index is 11.3. The molecule has 0 bridgehead atoms. The fourth-order valence-corrected chi connectivity index (χ4v) is 1.91. The van der Waals surface area contributed by atoms with E-state index in [0.29, 0.717) is 13.0 Å². The van der Waals surface area contributed by atoms with Crippen molar-refractivity contribution >= 4 is 5.97 Å². The Bertz CT molecular complexity index is 414. The SMILES string of the molecule is CCOC(=O)CCc1ccc(C(C)(C)C)cc1C. The highest BCUT2D eigenvalue weighted by molar-refractivity contribution is 5.69. The lowest BCUT2D eigenvalue weighted by molar-refractivity contribution is -0.143. The third kappa shape index (κ3) is 4.17. The fraction of sp³-hybridized carbons (Fsp3) is 0.562. The lowest BCUT2D eigenvalue weighted by Crippen LogP contribution is -2.12. The van der Waals surface area contributed by atoms with Gasteiger partial charge in [0.25, 0.3) is 0 Å². The van der Waals surface area contributed by atoms with E-state index in [2.05, 4.69) is 45.9 Å². The molecule has 0 radical (unpaired) electrons. The molecule has 0 saturated heterocycles. The number of carbonyl (C=O) groups excluding carboxylic acids is 1. The van der Waals surface area contributed by atoms with Gasteiger partial charge in [0.05, 0.1) is 6.61 Å². The van der Waals surface area contributed by atoms with Crippen LogP contribution in [-0.2, 0) is 21.4 Å². The van der Waals surface area contributed by atoms with Crippen molar-refractivity contribution in [1.29, 1.82) is 0 Å². The van der Waals surface area contributed by atoms with Crippen molar-refractivity contribution in [3.63, 3.8) is 0 Å². The molecular weight excluding hydrogens is 224 g/mol. The Labute approximate surface area is 110 Å². The molecule has 100 valence electrons. The zero-order valence-corrected chi connectivity index (χ0v) is 12.2. The molecule has 2 nitrogen and oxygen atoms in total. The van der Waals surface area contributed by atoms with Crippen LogP contribution < -0.4 is 0 Å². The van der Waals surface area contributed by atoms with Gasteiger partial charge < -0.3 is 4.74 Å². The maximum absolute atomic E-state index is 11.3. The number of hydrogen-bond acceptors (Lipinski definition) is 2. The highest BCUT2D eigenvalue weighted by Gasteiger charge is 2.14. The van der Waals surface area contributed by atoms with Gasteiger partial charge in [-0.25, -0.2) is 0 Å². The Morgan fingerprint density at radius 3 is 2.44 bits per heavy atom. The number of benzene rings is 1. The number of aryl methyl sites for hydroxylation is 2. The van der Waals surface area contributed by atoms with E-state index in [9.17, 15) is 4.79 Å². The topological polar surface area (TPSA) is 26.3 Å². The summed E-state index contributed by atoms with van der Waals surface area (Å²) < 4.78 is 4.94. The Kier molecular flexibility index (Phi) is 4.94. The summed E-state index contributed by atoms with van der Waals surface area (Å²) in [7, 11) is 0. The van der Waals surface area contributed by atoms with Crippen molar-refractivity contribution in [1.82, 2.24) is 0 Å². The molecule has 0 N–H and O–H groups in total. The first kappa shape index (κ1) is 14.7. The van der Waals surface area contributed by atoms with Crippen LogP contribution in [0.15, 0.2) is 18.2 Å². The molecule has 0 fully saturated rings. The van der Waals surface area contributed by atoms with Gasteiger partial charge in [0.1, 0.15) is 0 Å². The molecule has 0 amide bonds. The average molecular weight is 248 g/mol. The van der Waals surface area contributed by atoms with E-state index < -0.39 is 0 Å². The normalized spacial score (nSPS) is 11.4. The molecular formula is C16H24O2. The maximum Gasteiger partial charge on any atom is 0.306 e. The van der Waals surface area contributed by atoms with Gasteiger partial charge >= 0.3 is 5.97 Å². The van der Waals surface area contributed by atoms with Crippen LogP contribution in [0.25, 0.3) is 0 Å². The predicted molar refractivity (Wildman–Crippen MR) is 74.8 cm³/mol. The molecule has 1 rings (SSSR count).